The Kier molecular flexibility index (Phi) is 6.43. The second-order valence-corrected chi connectivity index (χ2v) is 4.59. The Labute approximate surface area is 102 Å². The predicted octanol–water partition coefficient (Wildman–Crippen LogP) is 1.87. The van der Waals surface area contributed by atoms with E-state index in [1.54, 1.807) is 0 Å². The van der Waals surface area contributed by atoms with Crippen molar-refractivity contribution in [3.8, 4) is 0 Å². The molecule has 2 amide bonds. The summed E-state index contributed by atoms with van der Waals surface area (Å²) in [6.07, 6.45) is 7.59. The zero-order valence-electron chi connectivity index (χ0n) is 10.2. The maximum absolute atomic E-state index is 11.5. The molecule has 3 N–H and O–H groups in total. The monoisotopic (exact) mass is 242 g/mol. The predicted molar refractivity (Wildman–Crippen MR) is 64.9 cm³/mol. The van der Waals surface area contributed by atoms with E-state index >= 15 is 0 Å². The molecule has 98 valence electrons. The lowest BCUT2D eigenvalue weighted by molar-refractivity contribution is -0.137. The van der Waals surface area contributed by atoms with Gasteiger partial charge in [0.15, 0.2) is 0 Å². The maximum Gasteiger partial charge on any atom is 0.315 e. The van der Waals surface area contributed by atoms with Gasteiger partial charge in [-0.1, -0.05) is 25.7 Å². The van der Waals surface area contributed by atoms with Crippen LogP contribution in [0.5, 0.6) is 0 Å². The summed E-state index contributed by atoms with van der Waals surface area (Å²) in [5.74, 6) is -0.823. The average molecular weight is 242 g/mol. The number of urea groups is 1. The molecule has 5 heteroatoms. The van der Waals surface area contributed by atoms with Crippen LogP contribution in [0.1, 0.15) is 51.4 Å². The Hall–Kier alpha value is -1.26. The highest BCUT2D eigenvalue weighted by molar-refractivity contribution is 5.74. The summed E-state index contributed by atoms with van der Waals surface area (Å²) in [4.78, 5) is 21.8. The Balaban J connectivity index is 2.08. The number of amides is 2. The molecule has 0 unspecified atom stereocenters. The van der Waals surface area contributed by atoms with Crippen LogP contribution in [0.4, 0.5) is 4.79 Å². The fraction of sp³-hybridized carbons (Fsp3) is 0.833. The molecular weight excluding hydrogens is 220 g/mol. The van der Waals surface area contributed by atoms with Crippen molar-refractivity contribution in [1.82, 2.24) is 10.6 Å². The van der Waals surface area contributed by atoms with Crippen LogP contribution in [-0.4, -0.2) is 29.7 Å². The molecule has 5 nitrogen and oxygen atoms in total. The molecule has 0 aliphatic heterocycles. The van der Waals surface area contributed by atoms with Crippen molar-refractivity contribution in [1.29, 1.82) is 0 Å². The Morgan fingerprint density at radius 3 is 2.35 bits per heavy atom. The highest BCUT2D eigenvalue weighted by atomic mass is 16.4. The molecule has 0 aromatic carbocycles. The van der Waals surface area contributed by atoms with E-state index < -0.39 is 5.97 Å². The van der Waals surface area contributed by atoms with Gasteiger partial charge in [-0.05, 0) is 19.3 Å². The summed E-state index contributed by atoms with van der Waals surface area (Å²) in [6.45, 7) is 0.421. The number of hydrogen-bond donors (Lipinski definition) is 3. The Bertz CT molecular complexity index is 248. The third-order valence-corrected chi connectivity index (χ3v) is 3.04. The van der Waals surface area contributed by atoms with Gasteiger partial charge in [0, 0.05) is 19.0 Å². The van der Waals surface area contributed by atoms with Crippen LogP contribution in [0.3, 0.4) is 0 Å². The van der Waals surface area contributed by atoms with Crippen molar-refractivity contribution >= 4 is 12.0 Å². The van der Waals surface area contributed by atoms with E-state index in [9.17, 15) is 9.59 Å². The number of carboxylic acids is 1. The van der Waals surface area contributed by atoms with Gasteiger partial charge in [0.25, 0.3) is 0 Å². The number of hydrogen-bond acceptors (Lipinski definition) is 2. The lowest BCUT2D eigenvalue weighted by atomic mass is 10.1. The minimum Gasteiger partial charge on any atom is -0.481 e. The molecule has 0 bridgehead atoms. The van der Waals surface area contributed by atoms with Crippen LogP contribution in [0, 0.1) is 0 Å². The van der Waals surface area contributed by atoms with Crippen molar-refractivity contribution < 1.29 is 14.7 Å². The largest absolute Gasteiger partial charge is 0.481 e. The standard InChI is InChI=1S/C12H22N2O3/c15-11(16)8-5-9-13-12(17)14-10-6-3-1-2-4-7-10/h10H,1-9H2,(H,15,16)(H2,13,14,17). The second-order valence-electron chi connectivity index (χ2n) is 4.59. The highest BCUT2D eigenvalue weighted by Crippen LogP contribution is 2.16. The summed E-state index contributed by atoms with van der Waals surface area (Å²) in [7, 11) is 0. The van der Waals surface area contributed by atoms with Crippen molar-refractivity contribution in [2.45, 2.75) is 57.4 Å². The third-order valence-electron chi connectivity index (χ3n) is 3.04. The number of carboxylic acid groups (broad SMARTS) is 1. The molecular formula is C12H22N2O3. The van der Waals surface area contributed by atoms with E-state index in [2.05, 4.69) is 10.6 Å². The molecule has 1 saturated carbocycles. The molecule has 17 heavy (non-hydrogen) atoms. The zero-order valence-corrected chi connectivity index (χ0v) is 10.2. The highest BCUT2D eigenvalue weighted by Gasteiger charge is 2.14. The van der Waals surface area contributed by atoms with Crippen molar-refractivity contribution in [2.24, 2.45) is 0 Å². The van der Waals surface area contributed by atoms with E-state index in [1.807, 2.05) is 0 Å². The van der Waals surface area contributed by atoms with E-state index in [-0.39, 0.29) is 18.5 Å². The summed E-state index contributed by atoms with van der Waals surface area (Å²) in [6, 6.07) is 0.124. The Morgan fingerprint density at radius 2 is 1.76 bits per heavy atom. The molecule has 0 spiro atoms. The number of aliphatic carboxylic acids is 1. The second kappa shape index (κ2) is 7.92. The SMILES string of the molecule is O=C(O)CCCNC(=O)NC1CCCCCC1. The van der Waals surface area contributed by atoms with Crippen molar-refractivity contribution in [3.63, 3.8) is 0 Å². The van der Waals surface area contributed by atoms with Gasteiger partial charge in [0.1, 0.15) is 0 Å². The first kappa shape index (κ1) is 13.8. The first-order chi connectivity index (χ1) is 8.18. The van der Waals surface area contributed by atoms with Crippen LogP contribution in [0.2, 0.25) is 0 Å². The van der Waals surface area contributed by atoms with Crippen LogP contribution in [0.15, 0.2) is 0 Å². The molecule has 0 saturated heterocycles. The number of nitrogens with one attached hydrogen (secondary N) is 2. The van der Waals surface area contributed by atoms with Gasteiger partial charge in [0.05, 0.1) is 0 Å². The van der Waals surface area contributed by atoms with Crippen LogP contribution in [0.25, 0.3) is 0 Å². The number of carbonyl (C=O) groups is 2. The van der Waals surface area contributed by atoms with Gasteiger partial charge >= 0.3 is 12.0 Å². The summed E-state index contributed by atoms with van der Waals surface area (Å²) >= 11 is 0. The normalized spacial score (nSPS) is 17.2. The smallest absolute Gasteiger partial charge is 0.315 e. The summed E-state index contributed by atoms with van der Waals surface area (Å²) < 4.78 is 0. The van der Waals surface area contributed by atoms with E-state index in [0.29, 0.717) is 13.0 Å². The molecule has 1 aliphatic carbocycles. The first-order valence-corrected chi connectivity index (χ1v) is 6.44. The van der Waals surface area contributed by atoms with Gasteiger partial charge in [-0.15, -0.1) is 0 Å². The molecule has 0 heterocycles. The zero-order chi connectivity index (χ0) is 12.5. The lowest BCUT2D eigenvalue weighted by Gasteiger charge is -2.16. The molecule has 1 aliphatic rings. The van der Waals surface area contributed by atoms with Gasteiger partial charge < -0.3 is 15.7 Å². The molecule has 0 atom stereocenters. The van der Waals surface area contributed by atoms with Crippen LogP contribution in [-0.2, 0) is 4.79 Å². The average Bonchev–Trinajstić information content (AvgIpc) is 2.53. The topological polar surface area (TPSA) is 78.4 Å². The summed E-state index contributed by atoms with van der Waals surface area (Å²) in [5, 5.41) is 14.1. The maximum atomic E-state index is 11.5. The fourth-order valence-corrected chi connectivity index (χ4v) is 2.10. The number of rotatable bonds is 5. The van der Waals surface area contributed by atoms with Crippen molar-refractivity contribution in [2.75, 3.05) is 6.54 Å². The molecule has 1 rings (SSSR count). The third kappa shape index (κ3) is 6.81. The number of carbonyl (C=O) groups excluding carboxylic acids is 1. The lowest BCUT2D eigenvalue weighted by Crippen LogP contribution is -2.42. The van der Waals surface area contributed by atoms with Gasteiger partial charge in [-0.25, -0.2) is 4.79 Å². The fourth-order valence-electron chi connectivity index (χ4n) is 2.10. The quantitative estimate of drug-likeness (QED) is 0.508. The first-order valence-electron chi connectivity index (χ1n) is 6.44. The van der Waals surface area contributed by atoms with E-state index in [0.717, 1.165) is 12.8 Å². The van der Waals surface area contributed by atoms with Gasteiger partial charge in [0.2, 0.25) is 0 Å². The van der Waals surface area contributed by atoms with Gasteiger partial charge in [-0.3, -0.25) is 4.79 Å². The van der Waals surface area contributed by atoms with Gasteiger partial charge in [-0.2, -0.15) is 0 Å². The summed E-state index contributed by atoms with van der Waals surface area (Å²) in [5.41, 5.74) is 0. The molecule has 0 aromatic rings. The van der Waals surface area contributed by atoms with Crippen LogP contribution < -0.4 is 10.6 Å². The van der Waals surface area contributed by atoms with Crippen LogP contribution >= 0.6 is 0 Å². The minimum atomic E-state index is -0.823. The van der Waals surface area contributed by atoms with E-state index in [4.69, 9.17) is 5.11 Å². The minimum absolute atomic E-state index is 0.101. The molecule has 0 aromatic heterocycles. The molecule has 0 radical (unpaired) electrons. The Morgan fingerprint density at radius 1 is 1.12 bits per heavy atom. The van der Waals surface area contributed by atoms with E-state index in [1.165, 1.54) is 25.7 Å². The van der Waals surface area contributed by atoms with Crippen molar-refractivity contribution in [3.05, 3.63) is 0 Å². The molecule has 1 fully saturated rings.